The summed E-state index contributed by atoms with van der Waals surface area (Å²) in [7, 11) is 0. The van der Waals surface area contributed by atoms with Crippen LogP contribution < -0.4 is 4.74 Å². The van der Waals surface area contributed by atoms with Gasteiger partial charge in [0, 0.05) is 32.6 Å². The topological polar surface area (TPSA) is 26.3 Å². The van der Waals surface area contributed by atoms with Crippen molar-refractivity contribution in [2.24, 2.45) is 0 Å². The third-order valence-electron chi connectivity index (χ3n) is 3.32. The Balaban J connectivity index is 1.90. The number of ether oxygens (including phenoxy) is 1. The van der Waals surface area contributed by atoms with Gasteiger partial charge in [0.1, 0.15) is 5.75 Å². The summed E-state index contributed by atoms with van der Waals surface area (Å²) < 4.78 is 6.69. The molecule has 1 aliphatic heterocycles. The Morgan fingerprint density at radius 1 is 1.30 bits per heavy atom. The molecule has 0 aliphatic carbocycles. The van der Waals surface area contributed by atoms with E-state index in [9.17, 15) is 4.79 Å². The van der Waals surface area contributed by atoms with Crippen LogP contribution in [0.1, 0.15) is 21.5 Å². The molecule has 0 fully saturated rings. The number of benzene rings is 2. The minimum atomic E-state index is 0.0866. The predicted molar refractivity (Wildman–Crippen MR) is 87.8 cm³/mol. The molecule has 0 unspecified atom stereocenters. The van der Waals surface area contributed by atoms with E-state index in [1.807, 2.05) is 36.4 Å². The smallest absolute Gasteiger partial charge is 0.167 e. The van der Waals surface area contributed by atoms with E-state index < -0.39 is 0 Å². The lowest BCUT2D eigenvalue weighted by Crippen LogP contribution is -2.05. The zero-order valence-corrected chi connectivity index (χ0v) is 13.6. The Labute approximate surface area is 136 Å². The van der Waals surface area contributed by atoms with E-state index in [0.717, 1.165) is 32.4 Å². The van der Waals surface area contributed by atoms with Crippen LogP contribution in [-0.2, 0) is 12.8 Å². The van der Waals surface area contributed by atoms with Crippen molar-refractivity contribution >= 4 is 40.0 Å². The van der Waals surface area contributed by atoms with Gasteiger partial charge in [-0.15, -0.1) is 0 Å². The molecule has 0 atom stereocenters. The summed E-state index contributed by atoms with van der Waals surface area (Å²) in [5.74, 6) is 0.928. The highest BCUT2D eigenvalue weighted by molar-refractivity contribution is 14.1. The maximum absolute atomic E-state index is 12.4. The SMILES string of the molecule is O=C(Cc1cc(Cl)cc2c1OCC2)c1cccc(I)c1. The highest BCUT2D eigenvalue weighted by Gasteiger charge is 2.19. The van der Waals surface area contributed by atoms with Crippen LogP contribution in [0.15, 0.2) is 36.4 Å². The first-order chi connectivity index (χ1) is 9.63. The van der Waals surface area contributed by atoms with Crippen LogP contribution in [0.25, 0.3) is 0 Å². The zero-order valence-electron chi connectivity index (χ0n) is 10.7. The fraction of sp³-hybridized carbons (Fsp3) is 0.188. The van der Waals surface area contributed by atoms with Crippen LogP contribution in [-0.4, -0.2) is 12.4 Å². The van der Waals surface area contributed by atoms with E-state index in [1.165, 1.54) is 0 Å². The third kappa shape index (κ3) is 2.83. The molecular formula is C16H12ClIO2. The Bertz CT molecular complexity index is 682. The summed E-state index contributed by atoms with van der Waals surface area (Å²) in [6.45, 7) is 0.667. The van der Waals surface area contributed by atoms with E-state index in [1.54, 1.807) is 0 Å². The monoisotopic (exact) mass is 398 g/mol. The van der Waals surface area contributed by atoms with E-state index in [-0.39, 0.29) is 5.78 Å². The number of fused-ring (bicyclic) bond motifs is 1. The standard InChI is InChI=1S/C16H12ClIO2/c17-13-6-11-4-5-20-16(11)12(7-13)9-15(19)10-2-1-3-14(18)8-10/h1-3,6-8H,4-5,9H2. The normalized spacial score (nSPS) is 12.9. The number of rotatable bonds is 3. The number of hydrogen-bond acceptors (Lipinski definition) is 2. The molecule has 1 heterocycles. The first-order valence-corrected chi connectivity index (χ1v) is 7.82. The van der Waals surface area contributed by atoms with Gasteiger partial charge in [-0.3, -0.25) is 4.79 Å². The Kier molecular flexibility index (Phi) is 3.98. The number of Topliss-reactive ketones (excluding diaryl/α,β-unsaturated/α-hetero) is 1. The van der Waals surface area contributed by atoms with E-state index in [0.29, 0.717) is 18.1 Å². The van der Waals surface area contributed by atoms with Gasteiger partial charge in [-0.05, 0) is 52.4 Å². The fourth-order valence-electron chi connectivity index (χ4n) is 2.41. The highest BCUT2D eigenvalue weighted by Crippen LogP contribution is 2.33. The van der Waals surface area contributed by atoms with Gasteiger partial charge < -0.3 is 4.74 Å². The molecule has 0 amide bonds. The molecule has 0 spiro atoms. The number of carbonyl (C=O) groups excluding carboxylic acids is 1. The molecule has 0 radical (unpaired) electrons. The molecule has 0 saturated carbocycles. The summed E-state index contributed by atoms with van der Waals surface area (Å²) in [5, 5.41) is 0.666. The van der Waals surface area contributed by atoms with Crippen molar-refractivity contribution in [2.45, 2.75) is 12.8 Å². The van der Waals surface area contributed by atoms with Crippen molar-refractivity contribution in [3.05, 3.63) is 61.7 Å². The van der Waals surface area contributed by atoms with Gasteiger partial charge >= 0.3 is 0 Å². The lowest BCUT2D eigenvalue weighted by atomic mass is 10.00. The van der Waals surface area contributed by atoms with Crippen molar-refractivity contribution < 1.29 is 9.53 Å². The van der Waals surface area contributed by atoms with Gasteiger partial charge in [0.15, 0.2) is 5.78 Å². The number of halogens is 2. The van der Waals surface area contributed by atoms with Crippen LogP contribution in [0.4, 0.5) is 0 Å². The molecule has 3 rings (SSSR count). The van der Waals surface area contributed by atoms with Crippen LogP contribution in [0, 0.1) is 3.57 Å². The quantitative estimate of drug-likeness (QED) is 0.569. The van der Waals surface area contributed by atoms with Gasteiger partial charge in [-0.2, -0.15) is 0 Å². The molecule has 0 saturated heterocycles. The predicted octanol–water partition coefficient (Wildman–Crippen LogP) is 4.30. The van der Waals surface area contributed by atoms with Crippen molar-refractivity contribution in [1.29, 1.82) is 0 Å². The molecule has 0 N–H and O–H groups in total. The van der Waals surface area contributed by atoms with Crippen LogP contribution in [0.3, 0.4) is 0 Å². The van der Waals surface area contributed by atoms with Crippen molar-refractivity contribution in [1.82, 2.24) is 0 Å². The van der Waals surface area contributed by atoms with Crippen molar-refractivity contribution in [2.75, 3.05) is 6.61 Å². The molecule has 1 aliphatic rings. The number of hydrogen-bond donors (Lipinski definition) is 0. The Morgan fingerprint density at radius 2 is 2.15 bits per heavy atom. The minimum Gasteiger partial charge on any atom is -0.493 e. The van der Waals surface area contributed by atoms with Crippen LogP contribution in [0.2, 0.25) is 5.02 Å². The zero-order chi connectivity index (χ0) is 14.1. The largest absolute Gasteiger partial charge is 0.493 e. The molecule has 0 aromatic heterocycles. The summed E-state index contributed by atoms with van der Waals surface area (Å²) in [6.07, 6.45) is 1.18. The fourth-order valence-corrected chi connectivity index (χ4v) is 3.22. The first-order valence-electron chi connectivity index (χ1n) is 6.36. The second kappa shape index (κ2) is 5.74. The molecule has 0 bridgehead atoms. The second-order valence-electron chi connectivity index (χ2n) is 4.76. The molecule has 2 aromatic rings. The average Bonchev–Trinajstić information content (AvgIpc) is 2.86. The van der Waals surface area contributed by atoms with Crippen LogP contribution >= 0.6 is 34.2 Å². The molecule has 102 valence electrons. The summed E-state index contributed by atoms with van der Waals surface area (Å²) in [4.78, 5) is 12.4. The molecule has 2 aromatic carbocycles. The minimum absolute atomic E-state index is 0.0866. The van der Waals surface area contributed by atoms with Gasteiger partial charge in [0.05, 0.1) is 6.61 Å². The van der Waals surface area contributed by atoms with Gasteiger partial charge in [-0.25, -0.2) is 0 Å². The average molecular weight is 399 g/mol. The maximum atomic E-state index is 12.4. The molecular weight excluding hydrogens is 387 g/mol. The van der Waals surface area contributed by atoms with E-state index >= 15 is 0 Å². The summed E-state index contributed by atoms with van der Waals surface area (Å²) in [5.41, 5.74) is 2.71. The highest BCUT2D eigenvalue weighted by atomic mass is 127. The van der Waals surface area contributed by atoms with E-state index in [2.05, 4.69) is 22.6 Å². The maximum Gasteiger partial charge on any atom is 0.167 e. The molecule has 2 nitrogen and oxygen atoms in total. The number of carbonyl (C=O) groups is 1. The molecule has 4 heteroatoms. The van der Waals surface area contributed by atoms with Crippen LogP contribution in [0.5, 0.6) is 5.75 Å². The Morgan fingerprint density at radius 3 is 2.95 bits per heavy atom. The molecule has 20 heavy (non-hydrogen) atoms. The second-order valence-corrected chi connectivity index (χ2v) is 6.44. The van der Waals surface area contributed by atoms with Crippen molar-refractivity contribution in [3.8, 4) is 5.75 Å². The van der Waals surface area contributed by atoms with E-state index in [4.69, 9.17) is 16.3 Å². The van der Waals surface area contributed by atoms with Gasteiger partial charge in [0.25, 0.3) is 0 Å². The summed E-state index contributed by atoms with van der Waals surface area (Å²) >= 11 is 8.32. The third-order valence-corrected chi connectivity index (χ3v) is 4.21. The van der Waals surface area contributed by atoms with Gasteiger partial charge in [-0.1, -0.05) is 23.7 Å². The lowest BCUT2D eigenvalue weighted by Gasteiger charge is -2.08. The Hall–Kier alpha value is -1.07. The summed E-state index contributed by atoms with van der Waals surface area (Å²) in [6, 6.07) is 11.4. The number of ketones is 1. The lowest BCUT2D eigenvalue weighted by molar-refractivity contribution is 0.0992. The van der Waals surface area contributed by atoms with Gasteiger partial charge in [0.2, 0.25) is 0 Å². The first kappa shape index (κ1) is 13.9. The van der Waals surface area contributed by atoms with Crippen molar-refractivity contribution in [3.63, 3.8) is 0 Å².